The Bertz CT molecular complexity index is 370. The highest BCUT2D eigenvalue weighted by atomic mass is 35.5. The van der Waals surface area contributed by atoms with Crippen molar-refractivity contribution in [2.75, 3.05) is 6.61 Å². The molecule has 0 aliphatic heterocycles. The van der Waals surface area contributed by atoms with Crippen LogP contribution >= 0.6 is 23.2 Å². The van der Waals surface area contributed by atoms with Gasteiger partial charge in [0.25, 0.3) is 0 Å². The zero-order valence-electron chi connectivity index (χ0n) is 9.31. The molecule has 8 heteroatoms. The first-order valence-electron chi connectivity index (χ1n) is 4.46. The van der Waals surface area contributed by atoms with E-state index in [-0.39, 0.29) is 10.6 Å². The van der Waals surface area contributed by atoms with E-state index >= 15 is 0 Å². The van der Waals surface area contributed by atoms with Crippen molar-refractivity contribution in [3.8, 4) is 0 Å². The molecule has 1 aromatic heterocycles. The molecule has 1 heterocycles. The summed E-state index contributed by atoms with van der Waals surface area (Å²) in [5, 5.41) is 0.231. The van der Waals surface area contributed by atoms with Crippen LogP contribution in [0.15, 0.2) is 18.5 Å². The van der Waals surface area contributed by atoms with E-state index in [9.17, 15) is 4.79 Å². The predicted molar refractivity (Wildman–Crippen MR) is 62.4 cm³/mol. The lowest BCUT2D eigenvalue weighted by Crippen LogP contribution is -2.05. The van der Waals surface area contributed by atoms with Crippen LogP contribution in [0.2, 0.25) is 10.6 Å². The summed E-state index contributed by atoms with van der Waals surface area (Å²) in [6.45, 7) is 7.00. The molecule has 0 radical (unpaired) electrons. The van der Waals surface area contributed by atoms with E-state index in [2.05, 4.69) is 31.3 Å². The second kappa shape index (κ2) is 8.86. The highest BCUT2D eigenvalue weighted by molar-refractivity contribution is 6.30. The molecule has 0 amide bonds. The van der Waals surface area contributed by atoms with Crippen molar-refractivity contribution in [3.05, 3.63) is 29.0 Å². The molecule has 0 aliphatic carbocycles. The maximum Gasteiger partial charge on any atom is 0.368 e. The van der Waals surface area contributed by atoms with Crippen LogP contribution in [0.4, 0.5) is 0 Å². The molecule has 1 aromatic rings. The average molecular weight is 280 g/mol. The van der Waals surface area contributed by atoms with E-state index in [0.29, 0.717) is 12.2 Å². The Morgan fingerprint density at radius 1 is 1.41 bits per heavy atom. The molecule has 0 bridgehead atoms. The van der Waals surface area contributed by atoms with Gasteiger partial charge in [-0.05, 0) is 37.0 Å². The van der Waals surface area contributed by atoms with Gasteiger partial charge in [-0.1, -0.05) is 6.58 Å². The Kier molecular flexibility index (Phi) is 8.21. The molecule has 0 N–H and O–H groups in total. The molecule has 0 aromatic carbocycles. The smallest absolute Gasteiger partial charge is 0.293 e. The zero-order chi connectivity index (χ0) is 13.3. The molecule has 0 aliphatic rings. The Morgan fingerprint density at radius 3 is 2.24 bits per heavy atom. The lowest BCUT2D eigenvalue weighted by Gasteiger charge is -1.97. The highest BCUT2D eigenvalue weighted by Gasteiger charge is 2.01. The second-order valence-electron chi connectivity index (χ2n) is 2.58. The van der Waals surface area contributed by atoms with Crippen LogP contribution < -0.4 is 0 Å². The first-order valence-corrected chi connectivity index (χ1v) is 5.22. The molecule has 0 atom stereocenters. The van der Waals surface area contributed by atoms with Crippen molar-refractivity contribution in [1.82, 2.24) is 15.0 Å². The summed E-state index contributed by atoms with van der Waals surface area (Å²) >= 11 is 10.6. The third-order valence-electron chi connectivity index (χ3n) is 1.11. The van der Waals surface area contributed by atoms with Gasteiger partial charge in [-0.2, -0.15) is 9.87 Å². The third kappa shape index (κ3) is 8.56. The second-order valence-corrected chi connectivity index (χ2v) is 3.26. The van der Waals surface area contributed by atoms with Gasteiger partial charge >= 0.3 is 5.97 Å². The number of carbonyl (C=O) groups is 1. The fourth-order valence-corrected chi connectivity index (χ4v) is 0.732. The minimum Gasteiger partial charge on any atom is -0.293 e. The van der Waals surface area contributed by atoms with Crippen LogP contribution in [0.3, 0.4) is 0 Å². The number of halogens is 2. The molecule has 6 nitrogen and oxygen atoms in total. The maximum atomic E-state index is 10.5. The summed E-state index contributed by atoms with van der Waals surface area (Å²) in [5.74, 6) is -0.517. The maximum absolute atomic E-state index is 10.5. The van der Waals surface area contributed by atoms with Gasteiger partial charge in [-0.15, -0.1) is 0 Å². The summed E-state index contributed by atoms with van der Waals surface area (Å²) < 4.78 is 0. The summed E-state index contributed by atoms with van der Waals surface area (Å²) in [5.41, 5.74) is 0.337. The van der Waals surface area contributed by atoms with Gasteiger partial charge < -0.3 is 0 Å². The number of carbonyl (C=O) groups excluding carboxylic acids is 1. The summed E-state index contributed by atoms with van der Waals surface area (Å²) in [6, 6.07) is 0. The van der Waals surface area contributed by atoms with Crippen LogP contribution in [0, 0.1) is 0 Å². The van der Waals surface area contributed by atoms with E-state index in [1.165, 1.54) is 6.33 Å². The molecule has 0 saturated carbocycles. The Morgan fingerprint density at radius 2 is 1.94 bits per heavy atom. The lowest BCUT2D eigenvalue weighted by atomic mass is 10.4. The molecule has 0 saturated heterocycles. The fraction of sp³-hybridized carbons (Fsp3) is 0.333. The van der Waals surface area contributed by atoms with E-state index in [4.69, 9.17) is 23.2 Å². The molecule has 0 unspecified atom stereocenters. The number of hydrogen-bond acceptors (Lipinski definition) is 6. The Balaban J connectivity index is 0.000000302. The predicted octanol–water partition coefficient (Wildman–Crippen LogP) is 2.24. The largest absolute Gasteiger partial charge is 0.368 e. The summed E-state index contributed by atoms with van der Waals surface area (Å²) in [7, 11) is 0. The van der Waals surface area contributed by atoms with Gasteiger partial charge in [0, 0.05) is 5.57 Å². The lowest BCUT2D eigenvalue weighted by molar-refractivity contribution is -0.265. The first-order chi connectivity index (χ1) is 7.97. The van der Waals surface area contributed by atoms with Crippen molar-refractivity contribution < 1.29 is 14.6 Å². The van der Waals surface area contributed by atoms with Crippen LogP contribution in [0.1, 0.15) is 13.8 Å². The molecule has 94 valence electrons. The van der Waals surface area contributed by atoms with E-state index in [1.807, 2.05) is 0 Å². The van der Waals surface area contributed by atoms with E-state index in [0.717, 1.165) is 0 Å². The topological polar surface area (TPSA) is 74.2 Å². The van der Waals surface area contributed by atoms with Crippen molar-refractivity contribution >= 4 is 29.2 Å². The SMILES string of the molecule is C=C(C)C(=O)OOCC.Clc1ncnc(Cl)n1. The van der Waals surface area contributed by atoms with Crippen LogP contribution in [-0.4, -0.2) is 27.5 Å². The van der Waals surface area contributed by atoms with Gasteiger partial charge in [0.05, 0.1) is 6.61 Å². The quantitative estimate of drug-likeness (QED) is 0.480. The fourth-order valence-electron chi connectivity index (χ4n) is 0.442. The van der Waals surface area contributed by atoms with E-state index in [1.54, 1.807) is 13.8 Å². The molecule has 17 heavy (non-hydrogen) atoms. The molecular weight excluding hydrogens is 269 g/mol. The number of aromatic nitrogens is 3. The summed E-state index contributed by atoms with van der Waals surface area (Å²) in [6.07, 6.45) is 1.25. The number of hydrogen-bond donors (Lipinski definition) is 0. The van der Waals surface area contributed by atoms with E-state index < -0.39 is 5.97 Å². The van der Waals surface area contributed by atoms with Gasteiger partial charge in [0.2, 0.25) is 10.6 Å². The van der Waals surface area contributed by atoms with Crippen molar-refractivity contribution in [2.45, 2.75) is 13.8 Å². The Hall–Kier alpha value is -1.24. The van der Waals surface area contributed by atoms with Crippen molar-refractivity contribution in [2.24, 2.45) is 0 Å². The molecular formula is C9H11Cl2N3O3. The van der Waals surface area contributed by atoms with Crippen molar-refractivity contribution in [3.63, 3.8) is 0 Å². The van der Waals surface area contributed by atoms with Gasteiger partial charge in [-0.3, -0.25) is 4.89 Å². The highest BCUT2D eigenvalue weighted by Crippen LogP contribution is 2.00. The minimum absolute atomic E-state index is 0.116. The third-order valence-corrected chi connectivity index (χ3v) is 1.48. The molecule has 0 spiro atoms. The van der Waals surface area contributed by atoms with Gasteiger partial charge in [0.15, 0.2) is 0 Å². The van der Waals surface area contributed by atoms with Crippen LogP contribution in [-0.2, 0) is 14.6 Å². The first kappa shape index (κ1) is 15.8. The van der Waals surface area contributed by atoms with Gasteiger partial charge in [0.1, 0.15) is 6.33 Å². The standard InChI is InChI=1S/C6H10O3.C3HCl2N3/c1-4-8-9-6(7)5(2)3;4-2-6-1-7-3(5)8-2/h2,4H2,1,3H3;1H. The van der Waals surface area contributed by atoms with Crippen LogP contribution in [0.5, 0.6) is 0 Å². The summed E-state index contributed by atoms with van der Waals surface area (Å²) in [4.78, 5) is 29.5. The molecule has 0 fully saturated rings. The molecule has 1 rings (SSSR count). The zero-order valence-corrected chi connectivity index (χ0v) is 10.8. The Labute approximate surface area is 109 Å². The normalized spacial score (nSPS) is 8.94. The van der Waals surface area contributed by atoms with Crippen LogP contribution in [0.25, 0.3) is 0 Å². The minimum atomic E-state index is -0.517. The monoisotopic (exact) mass is 279 g/mol. The van der Waals surface area contributed by atoms with Crippen molar-refractivity contribution in [1.29, 1.82) is 0 Å². The number of rotatable bonds is 3. The number of nitrogens with zero attached hydrogens (tertiary/aromatic N) is 3. The van der Waals surface area contributed by atoms with Gasteiger partial charge in [-0.25, -0.2) is 14.8 Å². The average Bonchev–Trinajstić information content (AvgIpc) is 2.26.